The first-order valence-electron chi connectivity index (χ1n) is 3.66. The lowest BCUT2D eigenvalue weighted by atomic mass is 10.1. The van der Waals surface area contributed by atoms with E-state index in [-0.39, 0.29) is 0 Å². The van der Waals surface area contributed by atoms with E-state index in [0.29, 0.717) is 11.9 Å². The Hall–Kier alpha value is 0.310. The molecule has 2 aliphatic rings. The lowest BCUT2D eigenvalue weighted by Crippen LogP contribution is -2.16. The third-order valence-electron chi connectivity index (χ3n) is 2.50. The molecule has 1 heterocycles. The van der Waals surface area contributed by atoms with Crippen molar-refractivity contribution in [3.63, 3.8) is 0 Å². The second-order valence-corrected chi connectivity index (χ2v) is 4.60. The van der Waals surface area contributed by atoms with Crippen molar-refractivity contribution in [1.82, 2.24) is 0 Å². The second kappa shape index (κ2) is 2.17. The topological polar surface area (TPSA) is 20.2 Å². The van der Waals surface area contributed by atoms with Crippen molar-refractivity contribution in [2.75, 3.05) is 6.61 Å². The Morgan fingerprint density at radius 3 is 2.67 bits per heavy atom. The van der Waals surface area contributed by atoms with E-state index in [2.05, 4.69) is 0 Å². The number of aliphatic hydroxyl groups excluding tert-OH is 1. The number of rotatable bonds is 1. The van der Waals surface area contributed by atoms with Gasteiger partial charge in [-0.3, -0.25) is 0 Å². The van der Waals surface area contributed by atoms with Crippen molar-refractivity contribution >= 4 is 11.8 Å². The third-order valence-corrected chi connectivity index (χ3v) is 4.19. The Kier molecular flexibility index (Phi) is 1.46. The number of hydrogen-bond acceptors (Lipinski definition) is 2. The van der Waals surface area contributed by atoms with Gasteiger partial charge in [0.05, 0.1) is 6.61 Å². The highest BCUT2D eigenvalue weighted by Crippen LogP contribution is 2.48. The highest BCUT2D eigenvalue weighted by Gasteiger charge is 2.39. The summed E-state index contributed by atoms with van der Waals surface area (Å²) in [4.78, 5) is 0. The van der Waals surface area contributed by atoms with Crippen LogP contribution in [-0.2, 0) is 0 Å². The average molecular weight is 144 g/mol. The largest absolute Gasteiger partial charge is 0.395 e. The molecule has 1 N–H and O–H groups in total. The van der Waals surface area contributed by atoms with Gasteiger partial charge in [0.15, 0.2) is 0 Å². The van der Waals surface area contributed by atoms with Crippen molar-refractivity contribution in [3.8, 4) is 0 Å². The van der Waals surface area contributed by atoms with Crippen LogP contribution in [0.3, 0.4) is 0 Å². The zero-order valence-corrected chi connectivity index (χ0v) is 6.23. The molecule has 1 saturated heterocycles. The van der Waals surface area contributed by atoms with E-state index in [1.165, 1.54) is 19.3 Å². The van der Waals surface area contributed by atoms with E-state index in [4.69, 9.17) is 5.11 Å². The lowest BCUT2D eigenvalue weighted by molar-refractivity contribution is 0.269. The minimum Gasteiger partial charge on any atom is -0.395 e. The van der Waals surface area contributed by atoms with Gasteiger partial charge in [0.1, 0.15) is 0 Å². The first-order chi connectivity index (χ1) is 4.40. The van der Waals surface area contributed by atoms with E-state index in [0.717, 1.165) is 11.2 Å². The van der Waals surface area contributed by atoms with Crippen LogP contribution in [0.2, 0.25) is 0 Å². The number of hydrogen-bond donors (Lipinski definition) is 1. The monoisotopic (exact) mass is 144 g/mol. The van der Waals surface area contributed by atoms with Crippen LogP contribution < -0.4 is 0 Å². The Morgan fingerprint density at radius 1 is 1.44 bits per heavy atom. The van der Waals surface area contributed by atoms with Gasteiger partial charge in [0, 0.05) is 10.5 Å². The van der Waals surface area contributed by atoms with Gasteiger partial charge in [-0.15, -0.1) is 0 Å². The average Bonchev–Trinajstić information content (AvgIpc) is 2.45. The molecular formula is C7H12OS. The van der Waals surface area contributed by atoms with E-state index in [1.54, 1.807) is 0 Å². The van der Waals surface area contributed by atoms with Crippen LogP contribution in [-0.4, -0.2) is 22.2 Å². The zero-order chi connectivity index (χ0) is 6.27. The summed E-state index contributed by atoms with van der Waals surface area (Å²) in [5, 5.41) is 10.4. The minimum absolute atomic E-state index is 0.409. The molecule has 0 radical (unpaired) electrons. The smallest absolute Gasteiger partial charge is 0.0552 e. The van der Waals surface area contributed by atoms with Gasteiger partial charge in [-0.05, 0) is 25.2 Å². The first kappa shape index (κ1) is 6.05. The Morgan fingerprint density at radius 2 is 2.33 bits per heavy atom. The molecule has 2 fully saturated rings. The van der Waals surface area contributed by atoms with Crippen LogP contribution in [0, 0.1) is 5.92 Å². The van der Waals surface area contributed by atoms with Crippen LogP contribution in [0.25, 0.3) is 0 Å². The summed E-state index contributed by atoms with van der Waals surface area (Å²) in [6.07, 6.45) is 4.17. The molecule has 1 nitrogen and oxygen atoms in total. The highest BCUT2D eigenvalue weighted by atomic mass is 32.2. The summed E-state index contributed by atoms with van der Waals surface area (Å²) in [7, 11) is 0. The van der Waals surface area contributed by atoms with Gasteiger partial charge in [0.2, 0.25) is 0 Å². The van der Waals surface area contributed by atoms with Crippen LogP contribution in [0.1, 0.15) is 19.3 Å². The van der Waals surface area contributed by atoms with E-state index in [1.807, 2.05) is 11.8 Å². The maximum Gasteiger partial charge on any atom is 0.0552 e. The zero-order valence-electron chi connectivity index (χ0n) is 5.42. The summed E-state index contributed by atoms with van der Waals surface area (Å²) in [5.41, 5.74) is 0. The molecule has 2 heteroatoms. The second-order valence-electron chi connectivity index (χ2n) is 3.05. The maximum absolute atomic E-state index is 8.87. The molecule has 2 bridgehead atoms. The Balaban J connectivity index is 2.01. The first-order valence-corrected chi connectivity index (χ1v) is 4.61. The van der Waals surface area contributed by atoms with Gasteiger partial charge < -0.3 is 5.11 Å². The third kappa shape index (κ3) is 0.887. The maximum atomic E-state index is 8.87. The van der Waals surface area contributed by atoms with Crippen molar-refractivity contribution in [3.05, 3.63) is 0 Å². The molecule has 1 saturated carbocycles. The predicted octanol–water partition coefficient (Wildman–Crippen LogP) is 1.26. The molecule has 0 aromatic heterocycles. The molecule has 0 aromatic carbocycles. The molecule has 9 heavy (non-hydrogen) atoms. The molecule has 1 aliphatic heterocycles. The van der Waals surface area contributed by atoms with Crippen LogP contribution in [0.4, 0.5) is 0 Å². The molecule has 0 spiro atoms. The van der Waals surface area contributed by atoms with Crippen molar-refractivity contribution in [2.24, 2.45) is 5.92 Å². The van der Waals surface area contributed by atoms with E-state index < -0.39 is 0 Å². The Labute approximate surface area is 59.8 Å². The van der Waals surface area contributed by atoms with Gasteiger partial charge in [-0.1, -0.05) is 0 Å². The molecule has 3 unspecified atom stereocenters. The number of aliphatic hydroxyl groups is 1. The van der Waals surface area contributed by atoms with Crippen LogP contribution in [0.5, 0.6) is 0 Å². The van der Waals surface area contributed by atoms with Gasteiger partial charge in [0.25, 0.3) is 0 Å². The molecule has 0 aromatic rings. The predicted molar refractivity (Wildman–Crippen MR) is 39.6 cm³/mol. The molecule has 3 atom stereocenters. The molecule has 0 amide bonds. The summed E-state index contributed by atoms with van der Waals surface area (Å²) in [6, 6.07) is 0. The fourth-order valence-electron chi connectivity index (χ4n) is 1.99. The number of fused-ring (bicyclic) bond motifs is 2. The minimum atomic E-state index is 0.409. The van der Waals surface area contributed by atoms with Gasteiger partial charge in [-0.25, -0.2) is 0 Å². The number of thioether (sulfide) groups is 1. The fraction of sp³-hybridized carbons (Fsp3) is 1.00. The van der Waals surface area contributed by atoms with Crippen LogP contribution >= 0.6 is 11.8 Å². The SMILES string of the molecule is OCC1SC2CCC1C2. The lowest BCUT2D eigenvalue weighted by Gasteiger charge is -2.17. The van der Waals surface area contributed by atoms with Gasteiger partial charge in [-0.2, -0.15) is 11.8 Å². The van der Waals surface area contributed by atoms with Crippen LogP contribution in [0.15, 0.2) is 0 Å². The van der Waals surface area contributed by atoms with E-state index >= 15 is 0 Å². The summed E-state index contributed by atoms with van der Waals surface area (Å²) in [6.45, 7) is 0.409. The van der Waals surface area contributed by atoms with Crippen molar-refractivity contribution in [2.45, 2.75) is 29.8 Å². The molecule has 1 aliphatic carbocycles. The van der Waals surface area contributed by atoms with Crippen molar-refractivity contribution < 1.29 is 5.11 Å². The summed E-state index contributed by atoms with van der Waals surface area (Å²) < 4.78 is 0. The molecule has 2 rings (SSSR count). The molecular weight excluding hydrogens is 132 g/mol. The Bertz CT molecular complexity index is 115. The summed E-state index contributed by atoms with van der Waals surface area (Å²) in [5.74, 6) is 0.866. The highest BCUT2D eigenvalue weighted by molar-refractivity contribution is 8.00. The normalized spacial score (nSPS) is 48.3. The fourth-order valence-corrected chi connectivity index (χ4v) is 3.67. The van der Waals surface area contributed by atoms with E-state index in [9.17, 15) is 0 Å². The van der Waals surface area contributed by atoms with Crippen molar-refractivity contribution in [1.29, 1.82) is 0 Å². The summed E-state index contributed by atoms with van der Waals surface area (Å²) >= 11 is 2.01. The van der Waals surface area contributed by atoms with Gasteiger partial charge >= 0.3 is 0 Å². The quantitative estimate of drug-likeness (QED) is 0.598. The molecule has 52 valence electrons. The standard InChI is InChI=1S/C7H12OS/c8-4-7-5-1-2-6(3-5)9-7/h5-8H,1-4H2.